The summed E-state index contributed by atoms with van der Waals surface area (Å²) in [5.41, 5.74) is 1.13. The van der Waals surface area contributed by atoms with Crippen LogP contribution in [-0.2, 0) is 9.53 Å². The lowest BCUT2D eigenvalue weighted by Crippen LogP contribution is -2.05. The van der Waals surface area contributed by atoms with Crippen LogP contribution in [0.4, 0.5) is 5.69 Å². The van der Waals surface area contributed by atoms with Crippen LogP contribution in [0.15, 0.2) is 62.1 Å². The highest BCUT2D eigenvalue weighted by molar-refractivity contribution is 9.10. The smallest absolute Gasteiger partial charge is 0.363 e. The van der Waals surface area contributed by atoms with Gasteiger partial charge in [0.1, 0.15) is 0 Å². The molecule has 0 unspecified atom stereocenters. The number of halogens is 2. The van der Waals surface area contributed by atoms with Gasteiger partial charge in [0.05, 0.1) is 9.40 Å². The standard InChI is InChI=1S/C16H8Br2N2O4/c17-11-3-1-2-10(8-11)15-19-13(16(21)24-15)6-9-4-5-12(18)14(7-9)20(22)23/h1-8H/b13-6+. The first-order chi connectivity index (χ1) is 11.4. The Morgan fingerprint density at radius 2 is 1.96 bits per heavy atom. The van der Waals surface area contributed by atoms with Crippen molar-refractivity contribution in [1.82, 2.24) is 0 Å². The maximum atomic E-state index is 12.0. The fourth-order valence-electron chi connectivity index (χ4n) is 2.07. The zero-order valence-corrected chi connectivity index (χ0v) is 15.1. The van der Waals surface area contributed by atoms with E-state index in [0.717, 1.165) is 4.47 Å². The molecule has 0 fully saturated rings. The second-order valence-corrected chi connectivity index (χ2v) is 6.58. The topological polar surface area (TPSA) is 81.8 Å². The number of ether oxygens (including phenoxy) is 1. The minimum absolute atomic E-state index is 0.0848. The first-order valence-electron chi connectivity index (χ1n) is 6.66. The van der Waals surface area contributed by atoms with Crippen LogP contribution >= 0.6 is 31.9 Å². The second-order valence-electron chi connectivity index (χ2n) is 4.81. The van der Waals surface area contributed by atoms with Crippen molar-refractivity contribution in [3.8, 4) is 0 Å². The molecule has 0 N–H and O–H groups in total. The Bertz CT molecular complexity index is 922. The normalized spacial score (nSPS) is 15.3. The van der Waals surface area contributed by atoms with Crippen LogP contribution in [0.2, 0.25) is 0 Å². The Balaban J connectivity index is 1.97. The number of esters is 1. The van der Waals surface area contributed by atoms with Crippen LogP contribution in [0.1, 0.15) is 11.1 Å². The summed E-state index contributed by atoms with van der Waals surface area (Å²) >= 11 is 6.46. The number of hydrogen-bond acceptors (Lipinski definition) is 5. The van der Waals surface area contributed by atoms with Crippen molar-refractivity contribution in [2.45, 2.75) is 0 Å². The predicted octanol–water partition coefficient (Wildman–Crippen LogP) is 4.46. The number of nitro benzene ring substituents is 1. The van der Waals surface area contributed by atoms with Crippen molar-refractivity contribution >= 4 is 55.5 Å². The lowest BCUT2D eigenvalue weighted by molar-refractivity contribution is -0.385. The van der Waals surface area contributed by atoms with Gasteiger partial charge in [-0.3, -0.25) is 10.1 Å². The van der Waals surface area contributed by atoms with Crippen LogP contribution in [0.5, 0.6) is 0 Å². The van der Waals surface area contributed by atoms with Gasteiger partial charge in [0, 0.05) is 16.1 Å². The largest absolute Gasteiger partial charge is 0.402 e. The Morgan fingerprint density at radius 3 is 2.67 bits per heavy atom. The third-order valence-corrected chi connectivity index (χ3v) is 4.33. The quantitative estimate of drug-likeness (QED) is 0.298. The Labute approximate surface area is 153 Å². The molecule has 0 aliphatic carbocycles. The summed E-state index contributed by atoms with van der Waals surface area (Å²) in [6, 6.07) is 11.7. The molecule has 3 rings (SSSR count). The Hall–Kier alpha value is -2.32. The van der Waals surface area contributed by atoms with Crippen molar-refractivity contribution < 1.29 is 14.5 Å². The van der Waals surface area contributed by atoms with E-state index >= 15 is 0 Å². The summed E-state index contributed by atoms with van der Waals surface area (Å²) in [6.45, 7) is 0. The maximum absolute atomic E-state index is 12.0. The van der Waals surface area contributed by atoms with E-state index < -0.39 is 10.9 Å². The molecular formula is C16H8Br2N2O4. The number of aliphatic imine (C=N–C) groups is 1. The number of nitrogens with zero attached hydrogens (tertiary/aromatic N) is 2. The molecule has 1 heterocycles. The lowest BCUT2D eigenvalue weighted by atomic mass is 10.1. The average molecular weight is 452 g/mol. The van der Waals surface area contributed by atoms with Gasteiger partial charge in [0.2, 0.25) is 5.90 Å². The van der Waals surface area contributed by atoms with Gasteiger partial charge in [0.25, 0.3) is 5.69 Å². The molecule has 2 aromatic rings. The minimum Gasteiger partial charge on any atom is -0.402 e. The molecule has 0 saturated carbocycles. The van der Waals surface area contributed by atoms with Crippen molar-refractivity contribution in [3.05, 3.63) is 78.3 Å². The van der Waals surface area contributed by atoms with Crippen molar-refractivity contribution in [3.63, 3.8) is 0 Å². The number of rotatable bonds is 3. The van der Waals surface area contributed by atoms with Gasteiger partial charge in [-0.1, -0.05) is 28.1 Å². The number of benzene rings is 2. The van der Waals surface area contributed by atoms with Crippen LogP contribution in [-0.4, -0.2) is 16.8 Å². The number of carbonyl (C=O) groups excluding carboxylic acids is 1. The zero-order valence-electron chi connectivity index (χ0n) is 11.9. The molecule has 2 aromatic carbocycles. The highest BCUT2D eigenvalue weighted by Crippen LogP contribution is 2.28. The third kappa shape index (κ3) is 3.44. The third-order valence-electron chi connectivity index (χ3n) is 3.16. The lowest BCUT2D eigenvalue weighted by Gasteiger charge is -1.99. The van der Waals surface area contributed by atoms with Gasteiger partial charge >= 0.3 is 5.97 Å². The highest BCUT2D eigenvalue weighted by Gasteiger charge is 2.24. The second kappa shape index (κ2) is 6.66. The molecule has 0 amide bonds. The summed E-state index contributed by atoms with van der Waals surface area (Å²) in [7, 11) is 0. The molecule has 0 radical (unpaired) electrons. The van der Waals surface area contributed by atoms with Gasteiger partial charge in [-0.15, -0.1) is 0 Å². The van der Waals surface area contributed by atoms with Crippen LogP contribution in [0.3, 0.4) is 0 Å². The molecule has 0 saturated heterocycles. The Kier molecular flexibility index (Phi) is 4.59. The number of nitro groups is 1. The summed E-state index contributed by atoms with van der Waals surface area (Å²) in [4.78, 5) is 26.6. The fraction of sp³-hybridized carbons (Fsp3) is 0. The summed E-state index contributed by atoms with van der Waals surface area (Å²) < 4.78 is 6.36. The summed E-state index contributed by atoms with van der Waals surface area (Å²) in [5, 5.41) is 11.0. The van der Waals surface area contributed by atoms with E-state index in [1.807, 2.05) is 6.07 Å². The van der Waals surface area contributed by atoms with Gasteiger partial charge in [0.15, 0.2) is 5.70 Å². The zero-order chi connectivity index (χ0) is 17.3. The molecule has 120 valence electrons. The molecule has 0 spiro atoms. The highest BCUT2D eigenvalue weighted by atomic mass is 79.9. The Morgan fingerprint density at radius 1 is 1.17 bits per heavy atom. The van der Waals surface area contributed by atoms with E-state index in [1.165, 1.54) is 12.1 Å². The first kappa shape index (κ1) is 16.5. The molecule has 1 aliphatic rings. The van der Waals surface area contributed by atoms with Crippen molar-refractivity contribution in [2.24, 2.45) is 4.99 Å². The number of cyclic esters (lactones) is 1. The van der Waals surface area contributed by atoms with Crippen LogP contribution in [0.25, 0.3) is 6.08 Å². The molecular weight excluding hydrogens is 444 g/mol. The first-order valence-corrected chi connectivity index (χ1v) is 8.25. The van der Waals surface area contributed by atoms with Crippen LogP contribution < -0.4 is 0 Å². The maximum Gasteiger partial charge on any atom is 0.363 e. The van der Waals surface area contributed by atoms with E-state index in [9.17, 15) is 14.9 Å². The van der Waals surface area contributed by atoms with Gasteiger partial charge < -0.3 is 4.74 Å². The van der Waals surface area contributed by atoms with E-state index in [4.69, 9.17) is 4.74 Å². The summed E-state index contributed by atoms with van der Waals surface area (Å²) in [6.07, 6.45) is 1.45. The fourth-order valence-corrected chi connectivity index (χ4v) is 2.86. The van der Waals surface area contributed by atoms with Crippen molar-refractivity contribution in [2.75, 3.05) is 0 Å². The summed E-state index contributed by atoms with van der Waals surface area (Å²) in [5.74, 6) is -0.408. The molecule has 0 atom stereocenters. The molecule has 1 aliphatic heterocycles. The van der Waals surface area contributed by atoms with Gasteiger partial charge in [-0.2, -0.15) is 0 Å². The van der Waals surface area contributed by atoms with E-state index in [0.29, 0.717) is 15.6 Å². The number of hydrogen-bond donors (Lipinski definition) is 0. The van der Waals surface area contributed by atoms with E-state index in [1.54, 1.807) is 30.3 Å². The van der Waals surface area contributed by atoms with E-state index in [-0.39, 0.29) is 17.3 Å². The molecule has 8 heteroatoms. The average Bonchev–Trinajstić information content (AvgIpc) is 2.90. The molecule has 0 bridgehead atoms. The van der Waals surface area contributed by atoms with Crippen molar-refractivity contribution in [1.29, 1.82) is 0 Å². The SMILES string of the molecule is O=C1OC(c2cccc(Br)c2)=N/C1=C/c1ccc(Br)c([N+](=O)[O-])c1. The number of carbonyl (C=O) groups is 1. The van der Waals surface area contributed by atoms with Gasteiger partial charge in [-0.25, -0.2) is 9.79 Å². The molecule has 0 aromatic heterocycles. The monoisotopic (exact) mass is 450 g/mol. The van der Waals surface area contributed by atoms with Crippen LogP contribution in [0, 0.1) is 10.1 Å². The molecule has 6 nitrogen and oxygen atoms in total. The predicted molar refractivity (Wildman–Crippen MR) is 95.5 cm³/mol. The van der Waals surface area contributed by atoms with E-state index in [2.05, 4.69) is 36.9 Å². The minimum atomic E-state index is -0.601. The molecule has 24 heavy (non-hydrogen) atoms. The van der Waals surface area contributed by atoms with Gasteiger partial charge in [-0.05, 0) is 51.8 Å².